The third-order valence-corrected chi connectivity index (χ3v) is 8.26. The number of benzene rings is 3. The molecule has 1 atom stereocenters. The van der Waals surface area contributed by atoms with E-state index in [4.69, 9.17) is 21.7 Å². The second kappa shape index (κ2) is 14.3. The molecule has 0 aromatic heterocycles. The van der Waals surface area contributed by atoms with Gasteiger partial charge >= 0.3 is 0 Å². The van der Waals surface area contributed by atoms with Crippen LogP contribution in [0.5, 0.6) is 11.5 Å². The lowest BCUT2D eigenvalue weighted by Gasteiger charge is -2.36. The number of ether oxygens (including phenoxy) is 2. The third kappa shape index (κ3) is 7.44. The van der Waals surface area contributed by atoms with Crippen molar-refractivity contribution in [3.05, 3.63) is 78.9 Å². The fourth-order valence-corrected chi connectivity index (χ4v) is 5.99. The number of amides is 2. The SMILES string of the molecule is CCOc1ccc(N2C(=O)[C@@H](CC(=O)Nc3ccc(OC)cc3)N(CCCN3CCN(c4ccccc4)CC3)C2=S)cc1. The van der Waals surface area contributed by atoms with Crippen LogP contribution in [0.15, 0.2) is 78.9 Å². The summed E-state index contributed by atoms with van der Waals surface area (Å²) in [7, 11) is 1.59. The summed E-state index contributed by atoms with van der Waals surface area (Å²) in [6.45, 7) is 7.86. The number of para-hydroxylation sites is 1. The standard InChI is InChI=1S/C33H39N5O4S/c1-3-42-29-16-12-27(13-17-29)38-32(40)30(24-31(39)34-25-10-14-28(41-2)15-11-25)37(33(38)43)19-7-18-35-20-22-36(23-21-35)26-8-5-4-6-9-26/h4-6,8-17,30H,3,7,18-24H2,1-2H3,(H,34,39)/t30-/m1/s1. The zero-order valence-corrected chi connectivity index (χ0v) is 25.6. The molecule has 3 aromatic rings. The zero-order valence-electron chi connectivity index (χ0n) is 24.8. The normalized spacial score (nSPS) is 17.3. The van der Waals surface area contributed by atoms with E-state index < -0.39 is 6.04 Å². The lowest BCUT2D eigenvalue weighted by Crippen LogP contribution is -2.47. The van der Waals surface area contributed by atoms with Gasteiger partial charge in [0.15, 0.2) is 5.11 Å². The van der Waals surface area contributed by atoms with Crippen molar-refractivity contribution in [1.29, 1.82) is 0 Å². The molecule has 226 valence electrons. The molecule has 0 aliphatic carbocycles. The molecule has 2 aliphatic heterocycles. The van der Waals surface area contributed by atoms with Crippen LogP contribution in [0.3, 0.4) is 0 Å². The van der Waals surface area contributed by atoms with Gasteiger partial charge in [-0.3, -0.25) is 19.4 Å². The molecule has 2 amide bonds. The van der Waals surface area contributed by atoms with Gasteiger partial charge in [0.2, 0.25) is 5.91 Å². The van der Waals surface area contributed by atoms with Crippen molar-refractivity contribution in [2.24, 2.45) is 0 Å². The van der Waals surface area contributed by atoms with Crippen LogP contribution in [0, 0.1) is 0 Å². The van der Waals surface area contributed by atoms with Gasteiger partial charge in [0.1, 0.15) is 17.5 Å². The number of nitrogens with zero attached hydrogens (tertiary/aromatic N) is 4. The van der Waals surface area contributed by atoms with E-state index in [1.54, 1.807) is 36.3 Å². The van der Waals surface area contributed by atoms with E-state index in [0.29, 0.717) is 35.4 Å². The summed E-state index contributed by atoms with van der Waals surface area (Å²) in [6.07, 6.45) is 0.820. The molecule has 9 nitrogen and oxygen atoms in total. The predicted octanol–water partition coefficient (Wildman–Crippen LogP) is 4.64. The molecule has 2 saturated heterocycles. The van der Waals surface area contributed by atoms with E-state index in [1.807, 2.05) is 42.2 Å². The minimum Gasteiger partial charge on any atom is -0.497 e. The predicted molar refractivity (Wildman–Crippen MR) is 174 cm³/mol. The van der Waals surface area contributed by atoms with Gasteiger partial charge in [-0.15, -0.1) is 0 Å². The van der Waals surface area contributed by atoms with Gasteiger partial charge in [0, 0.05) is 44.1 Å². The van der Waals surface area contributed by atoms with Crippen LogP contribution in [0.1, 0.15) is 19.8 Å². The lowest BCUT2D eigenvalue weighted by molar-refractivity contribution is -0.124. The van der Waals surface area contributed by atoms with Crippen molar-refractivity contribution in [2.75, 3.05) is 68.1 Å². The zero-order chi connectivity index (χ0) is 30.2. The lowest BCUT2D eigenvalue weighted by atomic mass is 10.1. The molecule has 5 rings (SSSR count). The van der Waals surface area contributed by atoms with Crippen molar-refractivity contribution in [1.82, 2.24) is 9.80 Å². The minimum atomic E-state index is -0.688. The number of hydrogen-bond acceptors (Lipinski definition) is 7. The minimum absolute atomic E-state index is 0.00567. The van der Waals surface area contributed by atoms with Crippen molar-refractivity contribution in [3.8, 4) is 11.5 Å². The molecule has 1 N–H and O–H groups in total. The average molecular weight is 602 g/mol. The molecule has 10 heteroatoms. The van der Waals surface area contributed by atoms with Crippen LogP contribution in [0.2, 0.25) is 0 Å². The third-order valence-electron chi connectivity index (χ3n) is 7.84. The maximum Gasteiger partial charge on any atom is 0.256 e. The summed E-state index contributed by atoms with van der Waals surface area (Å²) >= 11 is 5.87. The molecule has 2 fully saturated rings. The van der Waals surface area contributed by atoms with E-state index in [-0.39, 0.29) is 18.2 Å². The number of piperazine rings is 1. The largest absolute Gasteiger partial charge is 0.497 e. The highest BCUT2D eigenvalue weighted by Gasteiger charge is 2.44. The van der Waals surface area contributed by atoms with Gasteiger partial charge in [-0.25, -0.2) is 0 Å². The van der Waals surface area contributed by atoms with Crippen LogP contribution in [-0.2, 0) is 9.59 Å². The highest BCUT2D eigenvalue weighted by molar-refractivity contribution is 7.80. The molecular weight excluding hydrogens is 562 g/mol. The second-order valence-electron chi connectivity index (χ2n) is 10.6. The van der Waals surface area contributed by atoms with E-state index in [1.165, 1.54) is 5.69 Å². The maximum atomic E-state index is 13.8. The molecule has 0 saturated carbocycles. The number of anilines is 3. The number of rotatable bonds is 12. The molecule has 0 spiro atoms. The molecule has 2 heterocycles. The maximum absolute atomic E-state index is 13.8. The van der Waals surface area contributed by atoms with E-state index >= 15 is 0 Å². The van der Waals surface area contributed by atoms with Gasteiger partial charge in [0.05, 0.1) is 25.8 Å². The molecular formula is C33H39N5O4S. The Labute approximate surface area is 259 Å². The highest BCUT2D eigenvalue weighted by atomic mass is 32.1. The topological polar surface area (TPSA) is 77.6 Å². The Morgan fingerprint density at radius 3 is 2.21 bits per heavy atom. The Morgan fingerprint density at radius 1 is 0.884 bits per heavy atom. The Morgan fingerprint density at radius 2 is 1.56 bits per heavy atom. The number of methoxy groups -OCH3 is 1. The molecule has 0 unspecified atom stereocenters. The number of carbonyl (C=O) groups is 2. The van der Waals surface area contributed by atoms with Crippen LogP contribution in [0.25, 0.3) is 0 Å². The number of thiocarbonyl (C=S) groups is 1. The Bertz CT molecular complexity index is 1380. The van der Waals surface area contributed by atoms with Crippen LogP contribution >= 0.6 is 12.2 Å². The molecule has 3 aromatic carbocycles. The summed E-state index contributed by atoms with van der Waals surface area (Å²) in [5, 5.41) is 3.33. The Hall–Kier alpha value is -4.15. The van der Waals surface area contributed by atoms with E-state index in [0.717, 1.165) is 44.9 Å². The quantitative estimate of drug-likeness (QED) is 0.301. The smallest absolute Gasteiger partial charge is 0.256 e. The van der Waals surface area contributed by atoms with Crippen molar-refractivity contribution >= 4 is 46.2 Å². The molecule has 0 bridgehead atoms. The summed E-state index contributed by atoms with van der Waals surface area (Å²) in [5.74, 6) is 0.980. The molecule has 2 aliphatic rings. The second-order valence-corrected chi connectivity index (χ2v) is 11.0. The summed E-state index contributed by atoms with van der Waals surface area (Å²) in [5.41, 5.74) is 2.56. The average Bonchev–Trinajstić information content (AvgIpc) is 3.26. The summed E-state index contributed by atoms with van der Waals surface area (Å²) in [4.78, 5) is 35.3. The first-order chi connectivity index (χ1) is 21.0. The van der Waals surface area contributed by atoms with Gasteiger partial charge in [-0.1, -0.05) is 18.2 Å². The van der Waals surface area contributed by atoms with Gasteiger partial charge in [-0.2, -0.15) is 0 Å². The van der Waals surface area contributed by atoms with Crippen LogP contribution < -0.4 is 24.6 Å². The Kier molecular flexibility index (Phi) is 10.1. The fourth-order valence-electron chi connectivity index (χ4n) is 5.58. The van der Waals surface area contributed by atoms with Crippen molar-refractivity contribution in [2.45, 2.75) is 25.8 Å². The molecule has 43 heavy (non-hydrogen) atoms. The Balaban J connectivity index is 1.23. The van der Waals surface area contributed by atoms with Gasteiger partial charge in [-0.05, 0) is 92.8 Å². The van der Waals surface area contributed by atoms with E-state index in [2.05, 4.69) is 39.4 Å². The first-order valence-corrected chi connectivity index (χ1v) is 15.2. The van der Waals surface area contributed by atoms with Crippen LogP contribution in [-0.4, -0.2) is 85.8 Å². The van der Waals surface area contributed by atoms with Gasteiger partial charge < -0.3 is 24.6 Å². The number of hydrogen-bond donors (Lipinski definition) is 1. The monoisotopic (exact) mass is 601 g/mol. The summed E-state index contributed by atoms with van der Waals surface area (Å²) in [6, 6.07) is 24.3. The van der Waals surface area contributed by atoms with Crippen molar-refractivity contribution < 1.29 is 19.1 Å². The molecule has 0 radical (unpaired) electrons. The first kappa shape index (κ1) is 30.3. The number of nitrogens with one attached hydrogen (secondary N) is 1. The highest BCUT2D eigenvalue weighted by Crippen LogP contribution is 2.29. The van der Waals surface area contributed by atoms with E-state index in [9.17, 15) is 9.59 Å². The fraction of sp³-hybridized carbons (Fsp3) is 0.364. The number of carbonyl (C=O) groups excluding carboxylic acids is 2. The summed E-state index contributed by atoms with van der Waals surface area (Å²) < 4.78 is 10.8. The first-order valence-electron chi connectivity index (χ1n) is 14.8. The van der Waals surface area contributed by atoms with Gasteiger partial charge in [0.25, 0.3) is 5.91 Å². The van der Waals surface area contributed by atoms with Crippen molar-refractivity contribution in [3.63, 3.8) is 0 Å². The van der Waals surface area contributed by atoms with Crippen LogP contribution in [0.4, 0.5) is 17.1 Å².